The number of carbonyl (C=O) groups excluding carboxylic acids is 1. The summed E-state index contributed by atoms with van der Waals surface area (Å²) in [5.41, 5.74) is 0. The monoisotopic (exact) mass is 270 g/mol. The van der Waals surface area contributed by atoms with Gasteiger partial charge in [0.15, 0.2) is 0 Å². The minimum atomic E-state index is -0.781. The Balaban J connectivity index is 1.89. The van der Waals surface area contributed by atoms with E-state index in [-0.39, 0.29) is 6.04 Å². The van der Waals surface area contributed by atoms with E-state index in [0.29, 0.717) is 19.6 Å². The van der Waals surface area contributed by atoms with Gasteiger partial charge in [-0.05, 0) is 32.1 Å². The van der Waals surface area contributed by atoms with Crippen molar-refractivity contribution < 1.29 is 19.4 Å². The molecule has 19 heavy (non-hydrogen) atoms. The Morgan fingerprint density at radius 3 is 2.68 bits per heavy atom. The zero-order valence-corrected chi connectivity index (χ0v) is 11.3. The molecule has 1 heterocycles. The molecule has 2 atom stereocenters. The van der Waals surface area contributed by atoms with E-state index in [1.807, 2.05) is 0 Å². The fourth-order valence-corrected chi connectivity index (χ4v) is 2.63. The number of piperidine rings is 1. The van der Waals surface area contributed by atoms with Gasteiger partial charge in [0.1, 0.15) is 0 Å². The van der Waals surface area contributed by atoms with Gasteiger partial charge >= 0.3 is 12.1 Å². The Morgan fingerprint density at radius 2 is 2.11 bits per heavy atom. The molecule has 1 aliphatic heterocycles. The maximum atomic E-state index is 11.4. The summed E-state index contributed by atoms with van der Waals surface area (Å²) in [5.74, 6) is -0.466. The number of rotatable bonds is 5. The fourth-order valence-electron chi connectivity index (χ4n) is 2.63. The highest BCUT2D eigenvalue weighted by molar-refractivity contribution is 5.71. The Labute approximate surface area is 113 Å². The second-order valence-corrected chi connectivity index (χ2v) is 5.49. The third-order valence-corrected chi connectivity index (χ3v) is 3.69. The number of amides is 1. The minimum absolute atomic E-state index is 0.132. The second kappa shape index (κ2) is 6.23. The van der Waals surface area contributed by atoms with Gasteiger partial charge in [-0.25, -0.2) is 4.79 Å². The van der Waals surface area contributed by atoms with E-state index in [1.165, 1.54) is 12.8 Å². The molecule has 6 heteroatoms. The lowest BCUT2D eigenvalue weighted by molar-refractivity contribution is -0.144. The zero-order chi connectivity index (χ0) is 13.8. The smallest absolute Gasteiger partial charge is 0.407 e. The average Bonchev–Trinajstić information content (AvgIpc) is 3.12. The van der Waals surface area contributed by atoms with Crippen LogP contribution < -0.4 is 5.32 Å². The summed E-state index contributed by atoms with van der Waals surface area (Å²) in [7, 11) is 0. The maximum absolute atomic E-state index is 11.4. The quantitative estimate of drug-likeness (QED) is 0.776. The lowest BCUT2D eigenvalue weighted by Gasteiger charge is -2.36. The molecule has 1 saturated heterocycles. The highest BCUT2D eigenvalue weighted by Gasteiger charge is 2.35. The van der Waals surface area contributed by atoms with Crippen molar-refractivity contribution >= 4 is 12.1 Å². The molecule has 0 radical (unpaired) electrons. The summed E-state index contributed by atoms with van der Waals surface area (Å²) >= 11 is 0. The van der Waals surface area contributed by atoms with Gasteiger partial charge in [0, 0.05) is 25.7 Å². The van der Waals surface area contributed by atoms with Gasteiger partial charge in [0.2, 0.25) is 0 Å². The summed E-state index contributed by atoms with van der Waals surface area (Å²) in [6.07, 6.45) is 2.51. The first kappa shape index (κ1) is 14.1. The number of carbonyl (C=O) groups is 2. The third-order valence-electron chi connectivity index (χ3n) is 3.69. The number of hydrogen-bond donors (Lipinski definition) is 2. The van der Waals surface area contributed by atoms with E-state index < -0.39 is 18.0 Å². The third kappa shape index (κ3) is 4.38. The van der Waals surface area contributed by atoms with Gasteiger partial charge in [-0.1, -0.05) is 0 Å². The van der Waals surface area contributed by atoms with Crippen LogP contribution >= 0.6 is 0 Å². The van der Waals surface area contributed by atoms with E-state index in [9.17, 15) is 14.7 Å². The SMILES string of the molecule is CCOC(=O)NC1CC(C(=O)O)CN(CC2CC2)C1. The maximum Gasteiger partial charge on any atom is 0.407 e. The number of aliphatic carboxylic acids is 1. The second-order valence-electron chi connectivity index (χ2n) is 5.49. The molecule has 6 nitrogen and oxygen atoms in total. The number of alkyl carbamates (subject to hydrolysis) is 1. The summed E-state index contributed by atoms with van der Waals surface area (Å²) in [5, 5.41) is 12.0. The molecule has 1 amide bonds. The summed E-state index contributed by atoms with van der Waals surface area (Å²) in [6, 6.07) is -0.132. The molecule has 2 unspecified atom stereocenters. The molecule has 0 aromatic heterocycles. The first-order valence-corrected chi connectivity index (χ1v) is 6.97. The number of nitrogens with one attached hydrogen (secondary N) is 1. The minimum Gasteiger partial charge on any atom is -0.481 e. The first-order valence-electron chi connectivity index (χ1n) is 6.97. The molecular formula is C13H22N2O4. The fraction of sp³-hybridized carbons (Fsp3) is 0.846. The van der Waals surface area contributed by atoms with Crippen LogP contribution in [0.25, 0.3) is 0 Å². The largest absolute Gasteiger partial charge is 0.481 e. The molecule has 2 rings (SSSR count). The summed E-state index contributed by atoms with van der Waals surface area (Å²) in [4.78, 5) is 24.8. The predicted molar refractivity (Wildman–Crippen MR) is 68.9 cm³/mol. The lowest BCUT2D eigenvalue weighted by Crippen LogP contribution is -2.52. The van der Waals surface area contributed by atoms with Crippen LogP contribution in [-0.4, -0.2) is 54.4 Å². The Kier molecular flexibility index (Phi) is 4.63. The molecular weight excluding hydrogens is 248 g/mol. The van der Waals surface area contributed by atoms with Crippen LogP contribution in [0.4, 0.5) is 4.79 Å². The summed E-state index contributed by atoms with van der Waals surface area (Å²) < 4.78 is 4.85. The molecule has 0 aromatic carbocycles. The van der Waals surface area contributed by atoms with Crippen molar-refractivity contribution in [3.8, 4) is 0 Å². The average molecular weight is 270 g/mol. The van der Waals surface area contributed by atoms with Crippen LogP contribution in [0, 0.1) is 11.8 Å². The van der Waals surface area contributed by atoms with Gasteiger partial charge < -0.3 is 20.1 Å². The van der Waals surface area contributed by atoms with Gasteiger partial charge in [0.25, 0.3) is 0 Å². The number of likely N-dealkylation sites (tertiary alicyclic amines) is 1. The zero-order valence-electron chi connectivity index (χ0n) is 11.3. The standard InChI is InChI=1S/C13H22N2O4/c1-2-19-13(18)14-11-5-10(12(16)17)7-15(8-11)6-9-3-4-9/h9-11H,2-8H2,1H3,(H,14,18)(H,16,17). The Hall–Kier alpha value is -1.30. The van der Waals surface area contributed by atoms with Crippen molar-refractivity contribution in [2.24, 2.45) is 11.8 Å². The first-order chi connectivity index (χ1) is 9.08. The van der Waals surface area contributed by atoms with E-state index in [1.54, 1.807) is 6.92 Å². The predicted octanol–water partition coefficient (Wildman–Crippen LogP) is 0.918. The van der Waals surface area contributed by atoms with Crippen molar-refractivity contribution in [3.63, 3.8) is 0 Å². The normalized spacial score (nSPS) is 27.8. The molecule has 2 N–H and O–H groups in total. The molecule has 2 fully saturated rings. The van der Waals surface area contributed by atoms with Crippen LogP contribution in [0.1, 0.15) is 26.2 Å². The highest BCUT2D eigenvalue weighted by atomic mass is 16.5. The van der Waals surface area contributed by atoms with Gasteiger partial charge in [-0.15, -0.1) is 0 Å². The molecule has 1 saturated carbocycles. The molecule has 0 spiro atoms. The van der Waals surface area contributed by atoms with Crippen molar-refractivity contribution in [1.82, 2.24) is 10.2 Å². The van der Waals surface area contributed by atoms with Gasteiger partial charge in [-0.2, -0.15) is 0 Å². The van der Waals surface area contributed by atoms with E-state index in [4.69, 9.17) is 4.74 Å². The van der Waals surface area contributed by atoms with Crippen molar-refractivity contribution in [3.05, 3.63) is 0 Å². The lowest BCUT2D eigenvalue weighted by atomic mass is 9.94. The van der Waals surface area contributed by atoms with E-state index in [2.05, 4.69) is 10.2 Å². The highest BCUT2D eigenvalue weighted by Crippen LogP contribution is 2.31. The van der Waals surface area contributed by atoms with Crippen LogP contribution in [-0.2, 0) is 9.53 Å². The van der Waals surface area contributed by atoms with Crippen LogP contribution in [0.5, 0.6) is 0 Å². The number of nitrogens with zero attached hydrogens (tertiary/aromatic N) is 1. The van der Waals surface area contributed by atoms with Crippen molar-refractivity contribution in [1.29, 1.82) is 0 Å². The number of carboxylic acid groups (broad SMARTS) is 1. The van der Waals surface area contributed by atoms with Gasteiger partial charge in [0.05, 0.1) is 12.5 Å². The number of hydrogen-bond acceptors (Lipinski definition) is 4. The van der Waals surface area contributed by atoms with E-state index in [0.717, 1.165) is 19.0 Å². The Morgan fingerprint density at radius 1 is 1.37 bits per heavy atom. The van der Waals surface area contributed by atoms with Crippen molar-refractivity contribution in [2.45, 2.75) is 32.2 Å². The van der Waals surface area contributed by atoms with Crippen LogP contribution in [0.2, 0.25) is 0 Å². The number of ether oxygens (including phenoxy) is 1. The summed E-state index contributed by atoms with van der Waals surface area (Å²) in [6.45, 7) is 4.34. The molecule has 2 aliphatic rings. The van der Waals surface area contributed by atoms with Crippen molar-refractivity contribution in [2.75, 3.05) is 26.2 Å². The number of carboxylic acids is 1. The van der Waals surface area contributed by atoms with Gasteiger partial charge in [-0.3, -0.25) is 4.79 Å². The topological polar surface area (TPSA) is 78.9 Å². The van der Waals surface area contributed by atoms with Crippen LogP contribution in [0.15, 0.2) is 0 Å². The molecule has 108 valence electrons. The molecule has 0 bridgehead atoms. The Bertz CT molecular complexity index is 344. The van der Waals surface area contributed by atoms with Crippen LogP contribution in [0.3, 0.4) is 0 Å². The molecule has 0 aromatic rings. The van der Waals surface area contributed by atoms with E-state index >= 15 is 0 Å². The molecule has 1 aliphatic carbocycles.